The van der Waals surface area contributed by atoms with E-state index < -0.39 is 6.03 Å². The zero-order chi connectivity index (χ0) is 21.8. The van der Waals surface area contributed by atoms with Crippen LogP contribution in [0.15, 0.2) is 89.7 Å². The van der Waals surface area contributed by atoms with Crippen molar-refractivity contribution in [1.29, 1.82) is 0 Å². The van der Waals surface area contributed by atoms with Gasteiger partial charge in [0, 0.05) is 0 Å². The Kier molecular flexibility index (Phi) is 5.57. The van der Waals surface area contributed by atoms with Gasteiger partial charge in [0.1, 0.15) is 11.4 Å². The molecule has 1 heterocycles. The van der Waals surface area contributed by atoms with Crippen LogP contribution in [0, 0.1) is 6.92 Å². The summed E-state index contributed by atoms with van der Waals surface area (Å²) in [6.07, 6.45) is 0. The molecule has 0 unspecified atom stereocenters. The van der Waals surface area contributed by atoms with Gasteiger partial charge in [0.2, 0.25) is 0 Å². The van der Waals surface area contributed by atoms with Gasteiger partial charge >= 0.3 is 6.03 Å². The number of rotatable bonds is 5. The predicted molar refractivity (Wildman–Crippen MR) is 122 cm³/mol. The van der Waals surface area contributed by atoms with E-state index in [2.05, 4.69) is 10.6 Å². The van der Waals surface area contributed by atoms with Crippen LogP contribution in [0.4, 0.5) is 16.2 Å². The average molecular weight is 414 g/mol. The Morgan fingerprint density at radius 1 is 0.774 bits per heavy atom. The molecule has 0 radical (unpaired) electrons. The van der Waals surface area contributed by atoms with Crippen molar-refractivity contribution in [3.8, 4) is 17.1 Å². The molecular weight excluding hydrogens is 392 g/mol. The first-order valence-electron chi connectivity index (χ1n) is 9.76. The predicted octanol–water partition coefficient (Wildman–Crippen LogP) is 4.59. The van der Waals surface area contributed by atoms with Crippen molar-refractivity contribution >= 4 is 17.4 Å². The first-order valence-corrected chi connectivity index (χ1v) is 9.76. The Bertz CT molecular complexity index is 1260. The maximum absolute atomic E-state index is 13.4. The number of para-hydroxylation sites is 4. The van der Waals surface area contributed by atoms with Gasteiger partial charge in [0.25, 0.3) is 5.56 Å². The number of carbonyl (C=O) groups excluding carboxylic acids is 1. The minimum atomic E-state index is -0.532. The number of carbonyl (C=O) groups is 1. The fraction of sp³-hybridized carbons (Fsp3) is 0.0833. The average Bonchev–Trinajstić information content (AvgIpc) is 3.05. The topological polar surface area (TPSA) is 77.3 Å². The first-order chi connectivity index (χ1) is 15.1. The Hall–Kier alpha value is -4.26. The Morgan fingerprint density at radius 2 is 1.32 bits per heavy atom. The molecule has 2 amide bonds. The highest BCUT2D eigenvalue weighted by Gasteiger charge is 2.21. The van der Waals surface area contributed by atoms with E-state index >= 15 is 0 Å². The molecule has 0 bridgehead atoms. The molecule has 2 N–H and O–H groups in total. The van der Waals surface area contributed by atoms with Crippen LogP contribution in [0.1, 0.15) is 5.69 Å². The normalized spacial score (nSPS) is 10.5. The van der Waals surface area contributed by atoms with E-state index in [1.807, 2.05) is 66.7 Å². The van der Waals surface area contributed by atoms with E-state index in [9.17, 15) is 9.59 Å². The fourth-order valence-corrected chi connectivity index (χ4v) is 3.45. The van der Waals surface area contributed by atoms with Crippen LogP contribution in [0.2, 0.25) is 0 Å². The lowest BCUT2D eigenvalue weighted by Crippen LogP contribution is -2.25. The van der Waals surface area contributed by atoms with Crippen LogP contribution in [0.25, 0.3) is 11.4 Å². The molecule has 4 rings (SSSR count). The van der Waals surface area contributed by atoms with Crippen LogP contribution < -0.4 is 20.9 Å². The number of ether oxygens (including phenoxy) is 1. The highest BCUT2D eigenvalue weighted by atomic mass is 16.5. The van der Waals surface area contributed by atoms with Crippen LogP contribution in [-0.4, -0.2) is 22.5 Å². The largest absolute Gasteiger partial charge is 0.495 e. The summed E-state index contributed by atoms with van der Waals surface area (Å²) in [7, 11) is 1.53. The van der Waals surface area contributed by atoms with Gasteiger partial charge in [-0.1, -0.05) is 48.5 Å². The summed E-state index contributed by atoms with van der Waals surface area (Å²) in [4.78, 5) is 26.1. The maximum atomic E-state index is 13.4. The summed E-state index contributed by atoms with van der Waals surface area (Å²) in [5.74, 6) is 0.526. The highest BCUT2D eigenvalue weighted by molar-refractivity contribution is 6.01. The number of amides is 2. The molecule has 31 heavy (non-hydrogen) atoms. The lowest BCUT2D eigenvalue weighted by Gasteiger charge is -2.13. The third kappa shape index (κ3) is 3.93. The molecule has 0 saturated carbocycles. The second-order valence-corrected chi connectivity index (χ2v) is 6.84. The van der Waals surface area contributed by atoms with E-state index in [1.165, 1.54) is 7.11 Å². The number of nitrogens with one attached hydrogen (secondary N) is 2. The molecule has 4 aromatic rings. The van der Waals surface area contributed by atoms with Gasteiger partial charge in [-0.05, 0) is 43.3 Å². The molecule has 1 aromatic heterocycles. The van der Waals surface area contributed by atoms with Gasteiger partial charge in [-0.15, -0.1) is 0 Å². The molecule has 0 saturated heterocycles. The SMILES string of the molecule is COc1ccccc1NC(=O)Nc1c(C)n(-c2ccccc2)n(-c2ccccc2)c1=O. The molecule has 0 atom stereocenters. The summed E-state index contributed by atoms with van der Waals surface area (Å²) in [6.45, 7) is 1.80. The van der Waals surface area contributed by atoms with Crippen molar-refractivity contribution in [3.63, 3.8) is 0 Å². The number of hydrogen-bond donors (Lipinski definition) is 2. The first kappa shape index (κ1) is 20.0. The smallest absolute Gasteiger partial charge is 0.323 e. The summed E-state index contributed by atoms with van der Waals surface area (Å²) < 4.78 is 8.60. The molecule has 0 spiro atoms. The third-order valence-corrected chi connectivity index (χ3v) is 4.88. The quantitative estimate of drug-likeness (QED) is 0.501. The van der Waals surface area contributed by atoms with Crippen molar-refractivity contribution < 1.29 is 9.53 Å². The van der Waals surface area contributed by atoms with E-state index in [0.29, 0.717) is 22.8 Å². The highest BCUT2D eigenvalue weighted by Crippen LogP contribution is 2.24. The van der Waals surface area contributed by atoms with Gasteiger partial charge in [-0.25, -0.2) is 14.2 Å². The van der Waals surface area contributed by atoms with Gasteiger partial charge in [-0.3, -0.25) is 4.79 Å². The zero-order valence-corrected chi connectivity index (χ0v) is 17.2. The van der Waals surface area contributed by atoms with E-state index in [0.717, 1.165) is 5.69 Å². The van der Waals surface area contributed by atoms with Crippen LogP contribution in [-0.2, 0) is 0 Å². The lowest BCUT2D eigenvalue weighted by molar-refractivity contribution is 0.262. The van der Waals surface area contributed by atoms with Crippen molar-refractivity contribution in [2.45, 2.75) is 6.92 Å². The van der Waals surface area contributed by atoms with Gasteiger partial charge in [-0.2, -0.15) is 0 Å². The van der Waals surface area contributed by atoms with E-state index in [-0.39, 0.29) is 11.2 Å². The van der Waals surface area contributed by atoms with E-state index in [4.69, 9.17) is 4.74 Å². The van der Waals surface area contributed by atoms with Crippen molar-refractivity contribution in [2.24, 2.45) is 0 Å². The number of anilines is 2. The number of benzene rings is 3. The van der Waals surface area contributed by atoms with E-state index in [1.54, 1.807) is 34.5 Å². The molecule has 156 valence electrons. The van der Waals surface area contributed by atoms with Gasteiger partial charge in [0.15, 0.2) is 0 Å². The molecule has 0 fully saturated rings. The molecule has 0 aliphatic carbocycles. The van der Waals surface area contributed by atoms with Gasteiger partial charge in [0.05, 0.1) is 29.9 Å². The van der Waals surface area contributed by atoms with Crippen molar-refractivity contribution in [1.82, 2.24) is 9.36 Å². The molecule has 0 aliphatic rings. The standard InChI is InChI=1S/C24H22N4O3/c1-17-22(26-24(30)25-20-15-9-10-16-21(20)31-2)23(29)28(19-13-7-4-8-14-19)27(17)18-11-5-3-6-12-18/h3-16H,1-2H3,(H2,25,26,30). The third-order valence-electron chi connectivity index (χ3n) is 4.88. The molecule has 7 nitrogen and oxygen atoms in total. The number of methoxy groups -OCH3 is 1. The molecule has 0 aliphatic heterocycles. The Morgan fingerprint density at radius 3 is 1.94 bits per heavy atom. The van der Waals surface area contributed by atoms with Crippen LogP contribution >= 0.6 is 0 Å². The number of urea groups is 1. The Balaban J connectivity index is 1.76. The zero-order valence-electron chi connectivity index (χ0n) is 17.2. The monoisotopic (exact) mass is 414 g/mol. The van der Waals surface area contributed by atoms with Gasteiger partial charge < -0.3 is 15.4 Å². The number of hydrogen-bond acceptors (Lipinski definition) is 3. The van der Waals surface area contributed by atoms with Crippen LogP contribution in [0.5, 0.6) is 5.75 Å². The van der Waals surface area contributed by atoms with Crippen molar-refractivity contribution in [2.75, 3.05) is 17.7 Å². The summed E-state index contributed by atoms with van der Waals surface area (Å²) in [5.41, 5.74) is 2.47. The number of aromatic nitrogens is 2. The van der Waals surface area contributed by atoms with Crippen molar-refractivity contribution in [3.05, 3.63) is 101 Å². The minimum Gasteiger partial charge on any atom is -0.495 e. The summed E-state index contributed by atoms with van der Waals surface area (Å²) in [5, 5.41) is 5.46. The molecule has 7 heteroatoms. The molecule has 3 aromatic carbocycles. The second kappa shape index (κ2) is 8.62. The Labute approximate surface area is 179 Å². The number of nitrogens with zero attached hydrogens (tertiary/aromatic N) is 2. The maximum Gasteiger partial charge on any atom is 0.323 e. The summed E-state index contributed by atoms with van der Waals surface area (Å²) in [6, 6.07) is 25.4. The molecular formula is C24H22N4O3. The minimum absolute atomic E-state index is 0.195. The summed E-state index contributed by atoms with van der Waals surface area (Å²) >= 11 is 0. The fourth-order valence-electron chi connectivity index (χ4n) is 3.45. The van der Waals surface area contributed by atoms with Crippen LogP contribution in [0.3, 0.4) is 0 Å². The second-order valence-electron chi connectivity index (χ2n) is 6.84. The lowest BCUT2D eigenvalue weighted by atomic mass is 10.3.